The lowest BCUT2D eigenvalue weighted by Gasteiger charge is -2.24. The van der Waals surface area contributed by atoms with E-state index in [2.05, 4.69) is 4.72 Å². The molecule has 2 N–H and O–H groups in total. The maximum absolute atomic E-state index is 15.4. The SMILES string of the molecule is C/C=C(\C)n1cc(NS(=O)(=O)C2(C(O)CC)CC2)c(Cc2ccc(C)cc2C(F)(F)F)c(F)c1=O. The first-order chi connectivity index (χ1) is 16.2. The van der Waals surface area contributed by atoms with Gasteiger partial charge in [-0.25, -0.2) is 12.8 Å². The third kappa shape index (κ3) is 5.02. The number of hydrogen-bond acceptors (Lipinski definition) is 4. The highest BCUT2D eigenvalue weighted by molar-refractivity contribution is 7.94. The molecule has 1 atom stereocenters. The van der Waals surface area contributed by atoms with Gasteiger partial charge in [0.25, 0.3) is 5.56 Å². The van der Waals surface area contributed by atoms with Gasteiger partial charge >= 0.3 is 6.18 Å². The summed E-state index contributed by atoms with van der Waals surface area (Å²) in [5.74, 6) is -1.36. The minimum Gasteiger partial charge on any atom is -0.391 e. The molecule has 3 rings (SSSR count). The second-order valence-corrected chi connectivity index (χ2v) is 10.9. The van der Waals surface area contributed by atoms with E-state index in [4.69, 9.17) is 0 Å². The number of nitrogens with one attached hydrogen (secondary N) is 1. The Labute approximate surface area is 201 Å². The molecule has 1 aromatic heterocycles. The minimum absolute atomic E-state index is 0.164. The summed E-state index contributed by atoms with van der Waals surface area (Å²) in [5, 5.41) is 10.3. The van der Waals surface area contributed by atoms with E-state index < -0.39 is 56.0 Å². The van der Waals surface area contributed by atoms with Crippen LogP contribution in [-0.2, 0) is 22.6 Å². The van der Waals surface area contributed by atoms with Crippen LogP contribution in [0.1, 0.15) is 62.3 Å². The van der Waals surface area contributed by atoms with Gasteiger partial charge in [-0.15, -0.1) is 0 Å². The predicted octanol–water partition coefficient (Wildman–Crippen LogP) is 4.83. The molecule has 1 aromatic carbocycles. The van der Waals surface area contributed by atoms with E-state index in [1.54, 1.807) is 13.8 Å². The second-order valence-electron chi connectivity index (χ2n) is 8.87. The molecule has 11 heteroatoms. The van der Waals surface area contributed by atoms with Crippen molar-refractivity contribution in [2.24, 2.45) is 0 Å². The van der Waals surface area contributed by atoms with Crippen molar-refractivity contribution in [1.29, 1.82) is 0 Å². The molecule has 35 heavy (non-hydrogen) atoms. The fourth-order valence-corrected chi connectivity index (χ4v) is 5.94. The molecular weight excluding hydrogens is 488 g/mol. The first-order valence-electron chi connectivity index (χ1n) is 11.1. The molecule has 0 saturated heterocycles. The molecule has 1 heterocycles. The zero-order chi connectivity index (χ0) is 26.3. The minimum atomic E-state index is -4.74. The van der Waals surface area contributed by atoms with Gasteiger partial charge in [-0.2, -0.15) is 13.2 Å². The van der Waals surface area contributed by atoms with E-state index in [-0.39, 0.29) is 30.5 Å². The Morgan fingerprint density at radius 3 is 2.46 bits per heavy atom. The van der Waals surface area contributed by atoms with Gasteiger partial charge in [0.05, 0.1) is 17.4 Å². The number of nitrogens with zero attached hydrogens (tertiary/aromatic N) is 1. The van der Waals surface area contributed by atoms with Crippen LogP contribution in [0.15, 0.2) is 35.3 Å². The zero-order valence-corrected chi connectivity index (χ0v) is 20.6. The van der Waals surface area contributed by atoms with Crippen LogP contribution >= 0.6 is 0 Å². The van der Waals surface area contributed by atoms with Crippen molar-refractivity contribution >= 4 is 21.4 Å². The molecule has 6 nitrogen and oxygen atoms in total. The monoisotopic (exact) mass is 516 g/mol. The van der Waals surface area contributed by atoms with E-state index in [1.165, 1.54) is 32.1 Å². The molecular formula is C24H28F4N2O4S. The van der Waals surface area contributed by atoms with Crippen LogP contribution in [0.3, 0.4) is 0 Å². The van der Waals surface area contributed by atoms with E-state index in [9.17, 15) is 31.5 Å². The van der Waals surface area contributed by atoms with E-state index in [0.29, 0.717) is 11.3 Å². The van der Waals surface area contributed by atoms with Crippen LogP contribution in [0.4, 0.5) is 23.2 Å². The summed E-state index contributed by atoms with van der Waals surface area (Å²) in [6.07, 6.45) is -3.49. The second kappa shape index (κ2) is 9.42. The number of sulfonamides is 1. The summed E-state index contributed by atoms with van der Waals surface area (Å²) < 4.78 is 84.6. The summed E-state index contributed by atoms with van der Waals surface area (Å²) >= 11 is 0. The number of hydrogen-bond donors (Lipinski definition) is 2. The topological polar surface area (TPSA) is 88.4 Å². The average Bonchev–Trinajstić information content (AvgIpc) is 3.60. The van der Waals surface area contributed by atoms with Crippen LogP contribution in [0.2, 0.25) is 0 Å². The number of allylic oxidation sites excluding steroid dienone is 2. The number of aromatic nitrogens is 1. The van der Waals surface area contributed by atoms with Crippen LogP contribution < -0.4 is 10.3 Å². The van der Waals surface area contributed by atoms with Gasteiger partial charge in [0.2, 0.25) is 10.0 Å². The predicted molar refractivity (Wildman–Crippen MR) is 126 cm³/mol. The smallest absolute Gasteiger partial charge is 0.391 e. The highest BCUT2D eigenvalue weighted by Crippen LogP contribution is 2.48. The number of halogens is 4. The van der Waals surface area contributed by atoms with Crippen molar-refractivity contribution in [3.8, 4) is 0 Å². The third-order valence-electron chi connectivity index (χ3n) is 6.51. The van der Waals surface area contributed by atoms with E-state index in [0.717, 1.165) is 16.8 Å². The van der Waals surface area contributed by atoms with Crippen LogP contribution in [0, 0.1) is 12.7 Å². The maximum atomic E-state index is 15.4. The van der Waals surface area contributed by atoms with E-state index >= 15 is 4.39 Å². The Bertz CT molecular complexity index is 1330. The van der Waals surface area contributed by atoms with Crippen molar-refractivity contribution in [3.63, 3.8) is 0 Å². The van der Waals surface area contributed by atoms with Gasteiger partial charge in [0.15, 0.2) is 5.82 Å². The average molecular weight is 517 g/mol. The quantitative estimate of drug-likeness (QED) is 0.492. The van der Waals surface area contributed by atoms with Crippen LogP contribution in [-0.4, -0.2) is 28.9 Å². The Morgan fingerprint density at radius 2 is 1.94 bits per heavy atom. The first kappa shape index (κ1) is 26.9. The molecule has 2 aromatic rings. The van der Waals surface area contributed by atoms with Gasteiger partial charge < -0.3 is 5.11 Å². The number of rotatable bonds is 8. The summed E-state index contributed by atoms with van der Waals surface area (Å²) in [4.78, 5) is 12.7. The zero-order valence-electron chi connectivity index (χ0n) is 19.8. The number of anilines is 1. The van der Waals surface area contributed by atoms with Crippen molar-refractivity contribution in [3.05, 3.63) is 68.9 Å². The lowest BCUT2D eigenvalue weighted by Crippen LogP contribution is -2.40. The van der Waals surface area contributed by atoms with Crippen LogP contribution in [0.25, 0.3) is 5.70 Å². The molecule has 0 radical (unpaired) electrons. The lowest BCUT2D eigenvalue weighted by molar-refractivity contribution is -0.138. The fourth-order valence-electron chi connectivity index (χ4n) is 4.10. The molecule has 0 aliphatic heterocycles. The van der Waals surface area contributed by atoms with Gasteiger partial charge in [-0.05, 0) is 51.7 Å². The summed E-state index contributed by atoms with van der Waals surface area (Å²) in [6, 6.07) is 3.52. The first-order valence-corrected chi connectivity index (χ1v) is 12.6. The van der Waals surface area contributed by atoms with E-state index in [1.807, 2.05) is 0 Å². The van der Waals surface area contributed by atoms with Crippen molar-refractivity contribution < 1.29 is 31.1 Å². The number of benzene rings is 1. The number of pyridine rings is 1. The normalized spacial score (nSPS) is 16.8. The molecule has 1 unspecified atom stereocenters. The number of alkyl halides is 3. The molecule has 0 spiro atoms. The highest BCUT2D eigenvalue weighted by atomic mass is 32.2. The molecule has 1 fully saturated rings. The number of aryl methyl sites for hydroxylation is 1. The molecule has 1 saturated carbocycles. The fraction of sp³-hybridized carbons (Fsp3) is 0.458. The Morgan fingerprint density at radius 1 is 1.31 bits per heavy atom. The molecule has 0 bridgehead atoms. The standard InChI is InChI=1S/C24H28F4N2O4S/c1-5-15(4)30-13-19(29-35(33,34)23(9-10-23)20(31)6-2)17(21(25)22(30)32)12-16-8-7-14(3)11-18(16)24(26,27)28/h5,7-8,11,13,20,29,31H,6,9-10,12H2,1-4H3/b15-5+. The van der Waals surface area contributed by atoms with Gasteiger partial charge in [0, 0.05) is 23.9 Å². The van der Waals surface area contributed by atoms with Gasteiger partial charge in [-0.3, -0.25) is 14.1 Å². The van der Waals surface area contributed by atoms with Crippen molar-refractivity contribution in [1.82, 2.24) is 4.57 Å². The lowest BCUT2D eigenvalue weighted by atomic mass is 9.97. The summed E-state index contributed by atoms with van der Waals surface area (Å²) in [6.45, 7) is 6.20. The molecule has 0 amide bonds. The number of aliphatic hydroxyl groups is 1. The molecule has 192 valence electrons. The van der Waals surface area contributed by atoms with Crippen LogP contribution in [0.5, 0.6) is 0 Å². The van der Waals surface area contributed by atoms with Crippen molar-refractivity contribution in [2.75, 3.05) is 4.72 Å². The largest absolute Gasteiger partial charge is 0.416 e. The van der Waals surface area contributed by atoms with Crippen molar-refractivity contribution in [2.45, 2.75) is 70.4 Å². The Kier molecular flexibility index (Phi) is 7.25. The Balaban J connectivity index is 2.21. The molecule has 1 aliphatic carbocycles. The highest BCUT2D eigenvalue weighted by Gasteiger charge is 2.59. The number of aliphatic hydroxyl groups excluding tert-OH is 1. The van der Waals surface area contributed by atoms with Gasteiger partial charge in [-0.1, -0.05) is 30.7 Å². The maximum Gasteiger partial charge on any atom is 0.416 e. The third-order valence-corrected chi connectivity index (χ3v) is 8.75. The summed E-state index contributed by atoms with van der Waals surface area (Å²) in [7, 11) is -4.28. The Hall–Kier alpha value is -2.66. The van der Waals surface area contributed by atoms with Gasteiger partial charge in [0.1, 0.15) is 4.75 Å². The summed E-state index contributed by atoms with van der Waals surface area (Å²) in [5.41, 5.74) is -2.65. The molecule has 1 aliphatic rings.